The van der Waals surface area contributed by atoms with Crippen LogP contribution in [0.2, 0.25) is 0 Å². The molecular weight excluding hydrogens is 988 g/mol. The number of piperazine rings is 1. The van der Waals surface area contributed by atoms with Crippen molar-refractivity contribution >= 4 is 44.0 Å². The number of methoxy groups -OCH3 is 1. The number of anilines is 2. The summed E-state index contributed by atoms with van der Waals surface area (Å²) in [7, 11) is -2.96. The van der Waals surface area contributed by atoms with Gasteiger partial charge in [-0.25, -0.2) is 22.5 Å². The highest BCUT2D eigenvalue weighted by Crippen LogP contribution is 2.53. The van der Waals surface area contributed by atoms with Gasteiger partial charge in [-0.3, -0.25) is 24.7 Å². The van der Waals surface area contributed by atoms with Crippen LogP contribution < -0.4 is 24.4 Å². The molecule has 402 valence electrons. The number of nitro benzene ring substituents is 1. The summed E-state index contributed by atoms with van der Waals surface area (Å²) in [6.07, 6.45) is 8.09. The zero-order valence-electron chi connectivity index (χ0n) is 44.0. The van der Waals surface area contributed by atoms with Crippen molar-refractivity contribution in [1.82, 2.24) is 24.5 Å². The highest BCUT2D eigenvalue weighted by molar-refractivity contribution is 7.90. The van der Waals surface area contributed by atoms with Crippen LogP contribution in [0.4, 0.5) is 21.5 Å². The topological polar surface area (TPSA) is 196 Å². The van der Waals surface area contributed by atoms with Gasteiger partial charge in [0.25, 0.3) is 21.6 Å². The summed E-state index contributed by atoms with van der Waals surface area (Å²) in [6.45, 7) is 13.8. The lowest BCUT2D eigenvalue weighted by Crippen LogP contribution is -2.60. The summed E-state index contributed by atoms with van der Waals surface area (Å²) in [5.41, 5.74) is 4.62. The molecule has 18 heteroatoms. The highest BCUT2D eigenvalue weighted by atomic mass is 32.2. The van der Waals surface area contributed by atoms with Crippen LogP contribution in [0.5, 0.6) is 17.2 Å². The second kappa shape index (κ2) is 21.4. The van der Waals surface area contributed by atoms with E-state index in [0.29, 0.717) is 42.7 Å². The molecule has 0 radical (unpaired) electrons. The first-order chi connectivity index (χ1) is 36.4. The molecule has 76 heavy (non-hydrogen) atoms. The van der Waals surface area contributed by atoms with E-state index in [0.717, 1.165) is 95.3 Å². The zero-order chi connectivity index (χ0) is 53.5. The third kappa shape index (κ3) is 11.3. The van der Waals surface area contributed by atoms with Crippen molar-refractivity contribution in [3.8, 4) is 17.2 Å². The van der Waals surface area contributed by atoms with Gasteiger partial charge in [-0.2, -0.15) is 0 Å². The minimum absolute atomic E-state index is 0.0306. The number of aryl methyl sites for hydroxylation is 1. The third-order valence-electron chi connectivity index (χ3n) is 16.7. The number of aliphatic hydroxyl groups is 1. The van der Waals surface area contributed by atoms with Gasteiger partial charge in [-0.05, 0) is 142 Å². The Morgan fingerprint density at radius 3 is 2.41 bits per heavy atom. The van der Waals surface area contributed by atoms with Gasteiger partial charge in [-0.1, -0.05) is 50.2 Å². The zero-order valence-corrected chi connectivity index (χ0v) is 44.8. The summed E-state index contributed by atoms with van der Waals surface area (Å²) in [5, 5.41) is 25.9. The Labute approximate surface area is 444 Å². The first kappa shape index (κ1) is 52.8. The standard InChI is InChI=1S/C58H69FN8O8S/c1-37(2)45-8-6-7-9-46(45)52-36-64(35-40-10-13-43(74-5)14-11-40)26-27-66(52)42-31-58(32-42)22-24-65(25-23-58)41-12-16-47(54(28-41)75-53-30-48-49(59)34-61-55(48)62-38(53)3)56(68)63-76(72,73)44-15-17-50(51(29-44)67(70)71)60-33-39-18-20-57(4,69)21-19-39/h6-17,28-30,34,37,39,42,52,60,69H,18-27,31-33,35-36H2,1-5H3,(H,61,62)(H,63,68)/t39-,52-,57-/m0/s1. The number of ether oxygens (including phenoxy) is 2. The summed E-state index contributed by atoms with van der Waals surface area (Å²) in [4.78, 5) is 40.2. The molecule has 4 N–H and O–H groups in total. The molecule has 1 spiro atoms. The van der Waals surface area contributed by atoms with Crippen molar-refractivity contribution in [2.45, 2.75) is 114 Å². The molecule has 2 aliphatic carbocycles. The van der Waals surface area contributed by atoms with Crippen molar-refractivity contribution in [3.05, 3.63) is 141 Å². The number of aromatic nitrogens is 2. The molecule has 0 unspecified atom stereocenters. The Balaban J connectivity index is 0.847. The number of nitro groups is 1. The maximum absolute atomic E-state index is 14.9. The van der Waals surface area contributed by atoms with E-state index in [9.17, 15) is 32.8 Å². The number of aromatic amines is 1. The van der Waals surface area contributed by atoms with Gasteiger partial charge in [0.15, 0.2) is 0 Å². The van der Waals surface area contributed by atoms with Crippen LogP contribution in [-0.4, -0.2) is 102 Å². The molecule has 2 saturated heterocycles. The molecule has 0 bridgehead atoms. The van der Waals surface area contributed by atoms with E-state index in [1.165, 1.54) is 47.2 Å². The number of sulfonamides is 1. The van der Waals surface area contributed by atoms with E-state index in [2.05, 4.69) is 85.0 Å². The predicted molar refractivity (Wildman–Crippen MR) is 291 cm³/mol. The van der Waals surface area contributed by atoms with E-state index >= 15 is 0 Å². The molecule has 2 aromatic heterocycles. The Hall–Kier alpha value is -6.60. The number of rotatable bonds is 16. The number of fused-ring (bicyclic) bond motifs is 1. The molecule has 2 saturated carbocycles. The number of nitrogens with one attached hydrogen (secondary N) is 3. The summed E-state index contributed by atoms with van der Waals surface area (Å²) >= 11 is 0. The van der Waals surface area contributed by atoms with Crippen LogP contribution in [0.1, 0.15) is 117 Å². The monoisotopic (exact) mass is 1060 g/mol. The van der Waals surface area contributed by atoms with Crippen LogP contribution in [0.25, 0.3) is 11.0 Å². The number of hydrogen-bond donors (Lipinski definition) is 4. The molecule has 10 rings (SSSR count). The van der Waals surface area contributed by atoms with E-state index in [1.54, 1.807) is 33.1 Å². The summed E-state index contributed by atoms with van der Waals surface area (Å²) in [6, 6.07) is 28.0. The molecule has 4 aliphatic rings. The SMILES string of the molecule is COc1ccc(CN2CCN(C3CC4(CCN(c5ccc(C(=O)NS(=O)(=O)c6ccc(NC[C@H]7CC[C@](C)(O)CC7)c([N+](=O)[O-])c6)c(Oc6cc7c(F)c[nH]c7nc6C)c5)CC4)C3)[C@H](c3ccccc3C(C)C)C2)cc1. The fourth-order valence-corrected chi connectivity index (χ4v) is 13.1. The number of carbonyl (C=O) groups excluding carboxylic acids is 1. The molecule has 2 aliphatic heterocycles. The maximum Gasteiger partial charge on any atom is 0.293 e. The third-order valence-corrected chi connectivity index (χ3v) is 18.0. The molecule has 4 heterocycles. The minimum Gasteiger partial charge on any atom is -0.497 e. The highest BCUT2D eigenvalue weighted by Gasteiger charge is 2.50. The van der Waals surface area contributed by atoms with Crippen molar-refractivity contribution < 1.29 is 37.1 Å². The van der Waals surface area contributed by atoms with E-state index in [-0.39, 0.29) is 45.5 Å². The van der Waals surface area contributed by atoms with E-state index in [4.69, 9.17) is 9.47 Å². The van der Waals surface area contributed by atoms with Crippen LogP contribution >= 0.6 is 0 Å². The fourth-order valence-electron chi connectivity index (χ4n) is 12.1. The number of halogens is 1. The number of pyridine rings is 1. The summed E-state index contributed by atoms with van der Waals surface area (Å²) in [5.74, 6) is 0.0843. The van der Waals surface area contributed by atoms with Gasteiger partial charge in [-0.15, -0.1) is 0 Å². The predicted octanol–water partition coefficient (Wildman–Crippen LogP) is 10.6. The Kier molecular flexibility index (Phi) is 14.9. The Morgan fingerprint density at radius 1 is 0.961 bits per heavy atom. The van der Waals surface area contributed by atoms with Crippen molar-refractivity contribution in [2.75, 3.05) is 56.6 Å². The molecular formula is C58H69FN8O8S. The van der Waals surface area contributed by atoms with Crippen molar-refractivity contribution in [1.29, 1.82) is 0 Å². The number of hydrogen-bond acceptors (Lipinski definition) is 13. The lowest BCUT2D eigenvalue weighted by Gasteiger charge is -2.58. The van der Waals surface area contributed by atoms with Gasteiger partial charge in [0, 0.05) is 81.9 Å². The first-order valence-electron chi connectivity index (χ1n) is 26.6. The minimum atomic E-state index is -4.65. The number of amides is 1. The molecule has 4 fully saturated rings. The average Bonchev–Trinajstić information content (AvgIpc) is 3.81. The number of carbonyl (C=O) groups is 1. The lowest BCUT2D eigenvalue weighted by atomic mass is 9.59. The van der Waals surface area contributed by atoms with E-state index < -0.39 is 42.9 Å². The van der Waals surface area contributed by atoms with Crippen molar-refractivity contribution in [2.24, 2.45) is 11.3 Å². The van der Waals surface area contributed by atoms with Crippen molar-refractivity contribution in [3.63, 3.8) is 0 Å². The van der Waals surface area contributed by atoms with Gasteiger partial charge < -0.3 is 29.8 Å². The van der Waals surface area contributed by atoms with Crippen LogP contribution in [0.15, 0.2) is 102 Å². The number of piperidine rings is 1. The van der Waals surface area contributed by atoms with Gasteiger partial charge in [0.1, 0.15) is 34.4 Å². The quantitative estimate of drug-likeness (QED) is 0.0529. The molecule has 6 aromatic rings. The van der Waals surface area contributed by atoms with E-state index in [1.807, 2.05) is 12.1 Å². The Morgan fingerprint density at radius 2 is 1.70 bits per heavy atom. The smallest absolute Gasteiger partial charge is 0.293 e. The van der Waals surface area contributed by atoms with Gasteiger partial charge >= 0.3 is 0 Å². The fraction of sp³-hybridized carbons (Fsp3) is 0.448. The largest absolute Gasteiger partial charge is 0.497 e. The molecule has 16 nitrogen and oxygen atoms in total. The van der Waals surface area contributed by atoms with Gasteiger partial charge in [0.05, 0.1) is 39.2 Å². The second-order valence-corrected chi connectivity index (χ2v) is 23.9. The maximum atomic E-state index is 14.9. The number of benzene rings is 4. The second-order valence-electron chi connectivity index (χ2n) is 22.2. The van der Waals surface area contributed by atoms with Crippen LogP contribution in [0.3, 0.4) is 0 Å². The molecule has 1 atom stereocenters. The number of H-pyrrole nitrogens is 1. The van der Waals surface area contributed by atoms with Crippen LogP contribution in [-0.2, 0) is 16.6 Å². The first-order valence-corrected chi connectivity index (χ1v) is 28.1. The Bertz CT molecular complexity index is 3210. The number of nitrogens with zero attached hydrogens (tertiary/aromatic N) is 5. The molecule has 4 aromatic carbocycles. The normalized spacial score (nSPS) is 21.4. The summed E-state index contributed by atoms with van der Waals surface area (Å²) < 4.78 is 56.6. The molecule has 1 amide bonds. The van der Waals surface area contributed by atoms with Gasteiger partial charge in [0.2, 0.25) is 0 Å². The van der Waals surface area contributed by atoms with Crippen LogP contribution in [0, 0.1) is 34.2 Å². The lowest BCUT2D eigenvalue weighted by molar-refractivity contribution is -0.384. The average molecular weight is 1060 g/mol.